The molecule has 12 heteroatoms. The number of methoxy groups -OCH3 is 1. The lowest BCUT2D eigenvalue weighted by atomic mass is 10.1. The minimum atomic E-state index is -0.450. The van der Waals surface area contributed by atoms with E-state index < -0.39 is 11.8 Å². The molecule has 0 bridgehead atoms. The Morgan fingerprint density at radius 1 is 1.33 bits per heavy atom. The van der Waals surface area contributed by atoms with Gasteiger partial charge in [0.1, 0.15) is 23.2 Å². The molecule has 0 aliphatic heterocycles. The highest BCUT2D eigenvalue weighted by atomic mass is 35.5. The lowest BCUT2D eigenvalue weighted by Crippen LogP contribution is -2.16. The Hall–Kier alpha value is -2.63. The number of hydrogen-bond donors (Lipinski definition) is 1. The number of fused-ring (bicyclic) bond motifs is 1. The molecule has 0 atom stereocenters. The van der Waals surface area contributed by atoms with E-state index in [9.17, 15) is 14.0 Å². The largest absolute Gasteiger partial charge is 0.484 e. The third kappa shape index (κ3) is 5.15. The Kier molecular flexibility index (Phi) is 7.20. The van der Waals surface area contributed by atoms with Crippen LogP contribution in [-0.4, -0.2) is 39.5 Å². The van der Waals surface area contributed by atoms with Crippen molar-refractivity contribution in [2.24, 2.45) is 7.05 Å². The number of aryl methyl sites for hydroxylation is 1. The van der Waals surface area contributed by atoms with Crippen LogP contribution in [0, 0.1) is 5.82 Å². The molecule has 1 aliphatic rings. The third-order valence-corrected chi connectivity index (χ3v) is 7.59. The first-order valence-corrected chi connectivity index (χ1v) is 12.2. The number of aromatic nitrogens is 3. The number of thioether (sulfide) groups is 1. The minimum Gasteiger partial charge on any atom is -0.484 e. The molecule has 0 radical (unpaired) electrons. The van der Waals surface area contributed by atoms with Gasteiger partial charge in [0.05, 0.1) is 23.4 Å². The first-order valence-electron chi connectivity index (χ1n) is 9.99. The van der Waals surface area contributed by atoms with E-state index in [1.807, 2.05) is 0 Å². The van der Waals surface area contributed by atoms with Gasteiger partial charge in [0, 0.05) is 11.9 Å². The Morgan fingerprint density at radius 3 is 2.91 bits per heavy atom. The van der Waals surface area contributed by atoms with Gasteiger partial charge < -0.3 is 19.4 Å². The number of esters is 1. The van der Waals surface area contributed by atoms with Crippen LogP contribution >= 0.6 is 34.7 Å². The van der Waals surface area contributed by atoms with Crippen LogP contribution in [0.4, 0.5) is 9.39 Å². The maximum Gasteiger partial charge on any atom is 0.341 e. The van der Waals surface area contributed by atoms with Crippen molar-refractivity contribution in [3.05, 3.63) is 50.9 Å². The summed E-state index contributed by atoms with van der Waals surface area (Å²) in [5.41, 5.74) is 1.44. The number of carbonyl (C=O) groups is 2. The first-order chi connectivity index (χ1) is 15.9. The number of rotatable bonds is 8. The zero-order chi connectivity index (χ0) is 23.5. The van der Waals surface area contributed by atoms with Crippen molar-refractivity contribution in [2.75, 3.05) is 18.2 Å². The Labute approximate surface area is 202 Å². The lowest BCUT2D eigenvalue weighted by molar-refractivity contribution is -0.113. The van der Waals surface area contributed by atoms with Crippen molar-refractivity contribution in [3.8, 4) is 5.75 Å². The molecule has 1 aliphatic carbocycles. The van der Waals surface area contributed by atoms with E-state index in [4.69, 9.17) is 21.1 Å². The summed E-state index contributed by atoms with van der Waals surface area (Å²) in [6, 6.07) is 3.87. The summed E-state index contributed by atoms with van der Waals surface area (Å²) in [7, 11) is 3.09. The number of amides is 1. The second-order valence-corrected chi connectivity index (χ2v) is 9.67. The normalized spacial score (nSPS) is 12.5. The van der Waals surface area contributed by atoms with Crippen molar-refractivity contribution < 1.29 is 23.5 Å². The summed E-state index contributed by atoms with van der Waals surface area (Å²) in [6.45, 7) is 0.0743. The lowest BCUT2D eigenvalue weighted by Gasteiger charge is -2.08. The fourth-order valence-electron chi connectivity index (χ4n) is 3.43. The van der Waals surface area contributed by atoms with Crippen LogP contribution in [-0.2, 0) is 36.0 Å². The van der Waals surface area contributed by atoms with Gasteiger partial charge in [-0.25, -0.2) is 9.18 Å². The van der Waals surface area contributed by atoms with Crippen molar-refractivity contribution in [2.45, 2.75) is 31.0 Å². The smallest absolute Gasteiger partial charge is 0.341 e. The van der Waals surface area contributed by atoms with E-state index in [1.54, 1.807) is 11.6 Å². The van der Waals surface area contributed by atoms with Crippen molar-refractivity contribution in [1.82, 2.24) is 14.8 Å². The van der Waals surface area contributed by atoms with Gasteiger partial charge in [-0.15, -0.1) is 21.5 Å². The fraction of sp³-hybridized carbons (Fsp3) is 0.333. The van der Waals surface area contributed by atoms with Crippen LogP contribution in [0.2, 0.25) is 5.02 Å². The topological polar surface area (TPSA) is 95.3 Å². The minimum absolute atomic E-state index is 0.0743. The molecule has 2 aromatic heterocycles. The van der Waals surface area contributed by atoms with E-state index in [1.165, 1.54) is 48.4 Å². The molecule has 4 rings (SSSR count). The molecular weight excluding hydrogens is 491 g/mol. The SMILES string of the molecule is COC(=O)c1c(NC(=O)CSc2nnc(COc3ccc(F)cc3Cl)n2C)sc2c1CCC2. The maximum atomic E-state index is 13.2. The van der Waals surface area contributed by atoms with Crippen LogP contribution in [0.25, 0.3) is 0 Å². The average Bonchev–Trinajstić information content (AvgIpc) is 3.46. The summed E-state index contributed by atoms with van der Waals surface area (Å²) in [6.07, 6.45) is 2.72. The number of nitrogens with one attached hydrogen (secondary N) is 1. The van der Waals surface area contributed by atoms with Gasteiger partial charge in [-0.3, -0.25) is 4.79 Å². The molecule has 0 fully saturated rings. The predicted molar refractivity (Wildman–Crippen MR) is 124 cm³/mol. The predicted octanol–water partition coefficient (Wildman–Crippen LogP) is 4.25. The molecule has 8 nitrogen and oxygen atoms in total. The number of nitrogens with zero attached hydrogens (tertiary/aromatic N) is 3. The molecule has 3 aromatic rings. The van der Waals surface area contributed by atoms with Gasteiger partial charge in [0.25, 0.3) is 0 Å². The number of benzene rings is 1. The zero-order valence-corrected chi connectivity index (χ0v) is 20.2. The van der Waals surface area contributed by atoms with Crippen LogP contribution in [0.3, 0.4) is 0 Å². The Bertz CT molecular complexity index is 1210. The van der Waals surface area contributed by atoms with Gasteiger partial charge in [0.2, 0.25) is 5.91 Å². The molecule has 1 amide bonds. The molecule has 1 aromatic carbocycles. The van der Waals surface area contributed by atoms with Crippen molar-refractivity contribution in [3.63, 3.8) is 0 Å². The molecule has 0 saturated carbocycles. The van der Waals surface area contributed by atoms with Gasteiger partial charge in [-0.1, -0.05) is 23.4 Å². The van der Waals surface area contributed by atoms with Gasteiger partial charge in [-0.05, 0) is 43.0 Å². The quantitative estimate of drug-likeness (QED) is 0.357. The zero-order valence-electron chi connectivity index (χ0n) is 17.8. The van der Waals surface area contributed by atoms with Crippen molar-refractivity contribution >= 4 is 51.6 Å². The molecule has 174 valence electrons. The van der Waals surface area contributed by atoms with Gasteiger partial charge in [-0.2, -0.15) is 0 Å². The third-order valence-electron chi connectivity index (χ3n) is 5.07. The van der Waals surface area contributed by atoms with Gasteiger partial charge >= 0.3 is 5.97 Å². The second kappa shape index (κ2) is 10.1. The molecule has 0 saturated heterocycles. The number of thiophene rings is 1. The molecule has 2 heterocycles. The van der Waals surface area contributed by atoms with Gasteiger partial charge in [0.15, 0.2) is 11.0 Å². The first kappa shape index (κ1) is 23.5. The highest BCUT2D eigenvalue weighted by molar-refractivity contribution is 7.99. The van der Waals surface area contributed by atoms with E-state index >= 15 is 0 Å². The standard InChI is InChI=1S/C21H20ClFN4O4S2/c1-27-16(9-31-14-7-6-11(23)8-13(14)22)25-26-21(27)32-10-17(28)24-19-18(20(29)30-2)12-4-3-5-15(12)33-19/h6-8H,3-5,9-10H2,1-2H3,(H,24,28). The van der Waals surface area contributed by atoms with Crippen LogP contribution in [0.15, 0.2) is 23.4 Å². The van der Waals surface area contributed by atoms with E-state index in [-0.39, 0.29) is 23.3 Å². The molecular formula is C21H20ClFN4O4S2. The number of carbonyl (C=O) groups excluding carboxylic acids is 2. The molecule has 0 spiro atoms. The summed E-state index contributed by atoms with van der Waals surface area (Å²) in [4.78, 5) is 25.9. The summed E-state index contributed by atoms with van der Waals surface area (Å²) >= 11 is 8.61. The average molecular weight is 511 g/mol. The maximum absolute atomic E-state index is 13.2. The second-order valence-electron chi connectivity index (χ2n) is 7.21. The Morgan fingerprint density at radius 2 is 2.15 bits per heavy atom. The summed E-state index contributed by atoms with van der Waals surface area (Å²) in [5, 5.41) is 12.2. The molecule has 0 unspecified atom stereocenters. The highest BCUT2D eigenvalue weighted by Crippen LogP contribution is 2.39. The van der Waals surface area contributed by atoms with Crippen LogP contribution < -0.4 is 10.1 Å². The monoisotopic (exact) mass is 510 g/mol. The number of anilines is 1. The van der Waals surface area contributed by atoms with Crippen LogP contribution in [0.1, 0.15) is 33.0 Å². The van der Waals surface area contributed by atoms with E-state index in [0.717, 1.165) is 29.7 Å². The number of hydrogen-bond acceptors (Lipinski definition) is 8. The van der Waals surface area contributed by atoms with Crippen LogP contribution in [0.5, 0.6) is 5.75 Å². The van der Waals surface area contributed by atoms with E-state index in [2.05, 4.69) is 15.5 Å². The van der Waals surface area contributed by atoms with Crippen molar-refractivity contribution in [1.29, 1.82) is 0 Å². The molecule has 33 heavy (non-hydrogen) atoms. The number of halogens is 2. The van der Waals surface area contributed by atoms with E-state index in [0.29, 0.717) is 27.3 Å². The summed E-state index contributed by atoms with van der Waals surface area (Å²) in [5.74, 6) is -0.214. The highest BCUT2D eigenvalue weighted by Gasteiger charge is 2.28. The Balaban J connectivity index is 1.36. The molecule has 1 N–H and O–H groups in total. The summed E-state index contributed by atoms with van der Waals surface area (Å²) < 4.78 is 25.4. The number of ether oxygens (including phenoxy) is 2. The fourth-order valence-corrected chi connectivity index (χ4v) is 5.68.